The molecule has 0 saturated heterocycles. The van der Waals surface area contributed by atoms with Crippen molar-refractivity contribution in [3.63, 3.8) is 0 Å². The Kier molecular flexibility index (Phi) is 5.21. The molecule has 0 aromatic carbocycles. The highest BCUT2D eigenvalue weighted by atomic mass is 32.2. The predicted octanol–water partition coefficient (Wildman–Crippen LogP) is 4.24. The smallest absolute Gasteiger partial charge is 0.203 e. The SMILES string of the molecule is CCSC(=S)C(F)(F)C(F)(F)C(F)(F)C(F)F. The van der Waals surface area contributed by atoms with Crippen molar-refractivity contribution in [1.82, 2.24) is 0 Å². The Morgan fingerprint density at radius 1 is 1.12 bits per heavy atom. The zero-order valence-electron chi connectivity index (χ0n) is 8.12. The maximum atomic E-state index is 12.9. The van der Waals surface area contributed by atoms with E-state index in [1.54, 1.807) is 0 Å². The van der Waals surface area contributed by atoms with Gasteiger partial charge in [-0.15, -0.1) is 11.8 Å². The van der Waals surface area contributed by atoms with Crippen LogP contribution >= 0.6 is 24.0 Å². The highest BCUT2D eigenvalue weighted by Crippen LogP contribution is 2.50. The van der Waals surface area contributed by atoms with Crippen LogP contribution in [0.25, 0.3) is 0 Å². The van der Waals surface area contributed by atoms with E-state index in [9.17, 15) is 35.1 Å². The van der Waals surface area contributed by atoms with Crippen LogP contribution in [0.4, 0.5) is 35.1 Å². The molecular weight excluding hydrogens is 300 g/mol. The highest BCUT2D eigenvalue weighted by Gasteiger charge is 2.76. The van der Waals surface area contributed by atoms with Gasteiger partial charge in [-0.1, -0.05) is 19.1 Å². The van der Waals surface area contributed by atoms with Crippen molar-refractivity contribution in [3.8, 4) is 0 Å². The summed E-state index contributed by atoms with van der Waals surface area (Å²) in [5.41, 5.74) is 0. The van der Waals surface area contributed by atoms with Gasteiger partial charge in [-0.05, 0) is 5.75 Å². The first kappa shape index (κ1) is 16.9. The first-order chi connectivity index (χ1) is 7.42. The summed E-state index contributed by atoms with van der Waals surface area (Å²) < 4.78 is 97.6. The molecule has 0 saturated carbocycles. The minimum absolute atomic E-state index is 0.0161. The Balaban J connectivity index is 5.36. The first-order valence-electron chi connectivity index (χ1n) is 4.01. The Bertz CT molecular complexity index is 288. The van der Waals surface area contributed by atoms with Gasteiger partial charge in [0, 0.05) is 0 Å². The Morgan fingerprint density at radius 2 is 1.53 bits per heavy atom. The summed E-state index contributed by atoms with van der Waals surface area (Å²) in [5, 5.41) is 0. The molecular formula is C7H6F8S2. The van der Waals surface area contributed by atoms with Gasteiger partial charge in [0.05, 0.1) is 0 Å². The number of rotatable bonds is 5. The molecule has 0 aliphatic carbocycles. The number of halogens is 8. The summed E-state index contributed by atoms with van der Waals surface area (Å²) >= 11 is 3.86. The van der Waals surface area contributed by atoms with Crippen LogP contribution in [-0.4, -0.2) is 34.1 Å². The lowest BCUT2D eigenvalue weighted by Crippen LogP contribution is -2.59. The molecule has 0 aromatic heterocycles. The van der Waals surface area contributed by atoms with E-state index in [2.05, 4.69) is 12.2 Å². The molecule has 102 valence electrons. The van der Waals surface area contributed by atoms with Gasteiger partial charge in [-0.25, -0.2) is 8.78 Å². The second kappa shape index (κ2) is 5.25. The van der Waals surface area contributed by atoms with Gasteiger partial charge < -0.3 is 0 Å². The fraction of sp³-hybridized carbons (Fsp3) is 0.857. The lowest BCUT2D eigenvalue weighted by Gasteiger charge is -2.32. The molecule has 10 heteroatoms. The van der Waals surface area contributed by atoms with Gasteiger partial charge in [0.2, 0.25) is 0 Å². The van der Waals surface area contributed by atoms with Crippen LogP contribution in [0.1, 0.15) is 6.92 Å². The molecule has 0 N–H and O–H groups in total. The van der Waals surface area contributed by atoms with Crippen molar-refractivity contribution in [2.75, 3.05) is 5.75 Å². The molecule has 17 heavy (non-hydrogen) atoms. The van der Waals surface area contributed by atoms with E-state index in [1.807, 2.05) is 0 Å². The van der Waals surface area contributed by atoms with Gasteiger partial charge in [0.25, 0.3) is 0 Å². The molecule has 0 nitrogen and oxygen atoms in total. The standard InChI is InChI=1S/C7H6F8S2/c1-2-17-4(16)6(12,13)7(14,15)5(10,11)3(8)9/h3H,2H2,1H3. The molecule has 0 amide bonds. The fourth-order valence-corrected chi connectivity index (χ4v) is 1.75. The second-order valence-electron chi connectivity index (χ2n) is 2.79. The number of thioether (sulfide) groups is 1. The third-order valence-electron chi connectivity index (χ3n) is 1.62. The van der Waals surface area contributed by atoms with Crippen molar-refractivity contribution in [2.24, 2.45) is 0 Å². The third-order valence-corrected chi connectivity index (χ3v) is 3.04. The van der Waals surface area contributed by atoms with Crippen molar-refractivity contribution < 1.29 is 35.1 Å². The summed E-state index contributed by atoms with van der Waals surface area (Å²) in [7, 11) is 0. The van der Waals surface area contributed by atoms with E-state index in [4.69, 9.17) is 0 Å². The van der Waals surface area contributed by atoms with Gasteiger partial charge in [-0.2, -0.15) is 26.3 Å². The monoisotopic (exact) mass is 306 g/mol. The van der Waals surface area contributed by atoms with Crippen LogP contribution in [-0.2, 0) is 0 Å². The molecule has 0 aliphatic heterocycles. The lowest BCUT2D eigenvalue weighted by molar-refractivity contribution is -0.318. The Morgan fingerprint density at radius 3 is 1.82 bits per heavy atom. The van der Waals surface area contributed by atoms with Crippen LogP contribution in [0, 0.1) is 0 Å². The topological polar surface area (TPSA) is 0 Å². The van der Waals surface area contributed by atoms with E-state index in [1.165, 1.54) is 6.92 Å². The molecule has 0 atom stereocenters. The Hall–Kier alpha value is -0.120. The molecule has 0 radical (unpaired) electrons. The summed E-state index contributed by atoms with van der Waals surface area (Å²) in [4.78, 5) is 0. The van der Waals surface area contributed by atoms with Gasteiger partial charge in [-0.3, -0.25) is 0 Å². The van der Waals surface area contributed by atoms with Crippen molar-refractivity contribution in [3.05, 3.63) is 0 Å². The molecule has 0 heterocycles. The van der Waals surface area contributed by atoms with Crippen LogP contribution in [0.2, 0.25) is 0 Å². The predicted molar refractivity (Wildman–Crippen MR) is 51.6 cm³/mol. The second-order valence-corrected chi connectivity index (χ2v) is 4.73. The molecule has 0 rings (SSSR count). The zero-order valence-corrected chi connectivity index (χ0v) is 9.76. The molecule has 0 bridgehead atoms. The summed E-state index contributed by atoms with van der Waals surface area (Å²) in [6.45, 7) is 1.26. The number of hydrogen-bond acceptors (Lipinski definition) is 2. The Labute approximate surface area is 101 Å². The molecule has 0 spiro atoms. The third kappa shape index (κ3) is 2.83. The molecule has 0 aliphatic rings. The van der Waals surface area contributed by atoms with Crippen LogP contribution < -0.4 is 0 Å². The quantitative estimate of drug-likeness (QED) is 0.550. The van der Waals surface area contributed by atoms with Gasteiger partial charge >= 0.3 is 24.2 Å². The van der Waals surface area contributed by atoms with Crippen molar-refractivity contribution in [1.29, 1.82) is 0 Å². The summed E-state index contributed by atoms with van der Waals surface area (Å²) in [6, 6.07) is 0. The van der Waals surface area contributed by atoms with E-state index in [-0.39, 0.29) is 17.5 Å². The van der Waals surface area contributed by atoms with Gasteiger partial charge in [0.1, 0.15) is 4.20 Å². The number of hydrogen-bond donors (Lipinski definition) is 0. The van der Waals surface area contributed by atoms with Crippen LogP contribution in [0.15, 0.2) is 0 Å². The van der Waals surface area contributed by atoms with E-state index < -0.39 is 28.4 Å². The number of alkyl halides is 8. The van der Waals surface area contributed by atoms with Crippen LogP contribution in [0.5, 0.6) is 0 Å². The average molecular weight is 306 g/mol. The molecule has 0 unspecified atom stereocenters. The number of thiocarbonyl (C=S) groups is 1. The highest BCUT2D eigenvalue weighted by molar-refractivity contribution is 8.23. The minimum atomic E-state index is -6.24. The fourth-order valence-electron chi connectivity index (χ4n) is 0.696. The van der Waals surface area contributed by atoms with E-state index in [0.717, 1.165) is 0 Å². The first-order valence-corrected chi connectivity index (χ1v) is 5.41. The van der Waals surface area contributed by atoms with E-state index >= 15 is 0 Å². The molecule has 0 aromatic rings. The largest absolute Gasteiger partial charge is 0.383 e. The zero-order chi connectivity index (χ0) is 14.1. The average Bonchev–Trinajstić information content (AvgIpc) is 2.17. The van der Waals surface area contributed by atoms with Crippen molar-refractivity contribution in [2.45, 2.75) is 31.1 Å². The van der Waals surface area contributed by atoms with Crippen molar-refractivity contribution >= 4 is 28.2 Å². The van der Waals surface area contributed by atoms with E-state index in [0.29, 0.717) is 0 Å². The maximum absolute atomic E-state index is 12.9. The summed E-state index contributed by atoms with van der Waals surface area (Å²) in [5.74, 6) is -18.1. The van der Waals surface area contributed by atoms with Crippen LogP contribution in [0.3, 0.4) is 0 Å². The lowest BCUT2D eigenvalue weighted by atomic mass is 10.1. The normalized spacial score (nSPS) is 14.2. The molecule has 0 fully saturated rings. The maximum Gasteiger partial charge on any atom is 0.383 e. The van der Waals surface area contributed by atoms with Gasteiger partial charge in [0.15, 0.2) is 0 Å². The minimum Gasteiger partial charge on any atom is -0.203 e. The summed E-state index contributed by atoms with van der Waals surface area (Å²) in [6.07, 6.45) is -4.92.